The molecule has 1 atom stereocenters. The summed E-state index contributed by atoms with van der Waals surface area (Å²) in [5, 5.41) is 0. The number of esters is 1. The zero-order chi connectivity index (χ0) is 15.7. The van der Waals surface area contributed by atoms with Crippen molar-refractivity contribution in [2.75, 3.05) is 7.11 Å². The van der Waals surface area contributed by atoms with Crippen LogP contribution in [-0.4, -0.2) is 18.9 Å². The van der Waals surface area contributed by atoms with Gasteiger partial charge >= 0.3 is 5.97 Å². The van der Waals surface area contributed by atoms with Crippen LogP contribution in [0.4, 0.5) is 0 Å². The van der Waals surface area contributed by atoms with E-state index in [1.807, 2.05) is 43.3 Å². The molecule has 2 aromatic rings. The van der Waals surface area contributed by atoms with Crippen LogP contribution in [0.5, 0.6) is 0 Å². The Kier molecular flexibility index (Phi) is 3.80. The fraction of sp³-hybridized carbons (Fsp3) is 0.263. The van der Waals surface area contributed by atoms with Crippen molar-refractivity contribution in [1.82, 2.24) is 0 Å². The van der Waals surface area contributed by atoms with Crippen LogP contribution < -0.4 is 0 Å². The van der Waals surface area contributed by atoms with E-state index in [1.54, 1.807) is 6.07 Å². The molecule has 0 N–H and O–H groups in total. The first kappa shape index (κ1) is 14.5. The summed E-state index contributed by atoms with van der Waals surface area (Å²) in [5.41, 5.74) is 4.43. The zero-order valence-corrected chi connectivity index (χ0v) is 12.8. The number of ketones is 1. The number of hydrogen-bond acceptors (Lipinski definition) is 3. The van der Waals surface area contributed by atoms with Gasteiger partial charge in [0.05, 0.1) is 12.7 Å². The van der Waals surface area contributed by atoms with Gasteiger partial charge in [0.2, 0.25) is 0 Å². The molecule has 0 spiro atoms. The Bertz CT molecular complexity index is 746. The van der Waals surface area contributed by atoms with E-state index in [4.69, 9.17) is 4.74 Å². The number of rotatable bonds is 3. The summed E-state index contributed by atoms with van der Waals surface area (Å²) in [4.78, 5) is 24.5. The van der Waals surface area contributed by atoms with Gasteiger partial charge in [-0.2, -0.15) is 0 Å². The second-order valence-electron chi connectivity index (χ2n) is 5.73. The van der Waals surface area contributed by atoms with Crippen LogP contribution >= 0.6 is 0 Å². The lowest BCUT2D eigenvalue weighted by Gasteiger charge is -2.11. The van der Waals surface area contributed by atoms with Gasteiger partial charge in [-0.1, -0.05) is 36.4 Å². The molecule has 3 heteroatoms. The predicted octanol–water partition coefficient (Wildman–Crippen LogP) is 3.38. The zero-order valence-electron chi connectivity index (χ0n) is 12.8. The summed E-state index contributed by atoms with van der Waals surface area (Å²) in [7, 11) is 1.37. The van der Waals surface area contributed by atoms with Crippen molar-refractivity contribution in [2.24, 2.45) is 5.92 Å². The molecule has 0 saturated carbocycles. The van der Waals surface area contributed by atoms with Crippen molar-refractivity contribution >= 4 is 11.8 Å². The van der Waals surface area contributed by atoms with Crippen LogP contribution in [0.2, 0.25) is 0 Å². The Morgan fingerprint density at radius 2 is 1.95 bits per heavy atom. The van der Waals surface area contributed by atoms with E-state index in [0.29, 0.717) is 12.0 Å². The predicted molar refractivity (Wildman–Crippen MR) is 84.2 cm³/mol. The molecule has 0 unspecified atom stereocenters. The van der Waals surface area contributed by atoms with Crippen molar-refractivity contribution in [1.29, 1.82) is 0 Å². The lowest BCUT2D eigenvalue weighted by Crippen LogP contribution is -2.15. The number of benzene rings is 2. The van der Waals surface area contributed by atoms with E-state index in [9.17, 15) is 9.59 Å². The minimum absolute atomic E-state index is 0.0955. The molecular formula is C19H18O3. The normalized spacial score (nSPS) is 16.5. The third-order valence-electron chi connectivity index (χ3n) is 4.33. The summed E-state index contributed by atoms with van der Waals surface area (Å²) in [6.45, 7) is 1.97. The molecule has 0 aliphatic heterocycles. The molecule has 3 nitrogen and oxygen atoms in total. The van der Waals surface area contributed by atoms with E-state index >= 15 is 0 Å². The van der Waals surface area contributed by atoms with Gasteiger partial charge in [0.1, 0.15) is 0 Å². The number of methoxy groups -OCH3 is 1. The average Bonchev–Trinajstić information content (AvgIpc) is 2.84. The smallest absolute Gasteiger partial charge is 0.338 e. The molecule has 0 aromatic heterocycles. The lowest BCUT2D eigenvalue weighted by atomic mass is 9.92. The Morgan fingerprint density at radius 3 is 2.68 bits per heavy atom. The SMILES string of the molecule is COC(=O)c1ccccc1C[C@@H]1Cc2cccc(C)c2C1=O. The van der Waals surface area contributed by atoms with Gasteiger partial charge < -0.3 is 4.74 Å². The minimum Gasteiger partial charge on any atom is -0.465 e. The molecule has 0 fully saturated rings. The summed E-state index contributed by atoms with van der Waals surface area (Å²) in [6.07, 6.45) is 1.31. The standard InChI is InChI=1S/C19H18O3/c1-12-6-5-8-14-11-15(18(20)17(12)14)10-13-7-3-4-9-16(13)19(21)22-2/h3-9,15H,10-11H2,1-2H3/t15-/m1/s1. The van der Waals surface area contributed by atoms with Gasteiger partial charge in [-0.15, -0.1) is 0 Å². The third kappa shape index (κ3) is 2.43. The Hall–Kier alpha value is -2.42. The first-order valence-electron chi connectivity index (χ1n) is 7.40. The molecule has 1 aliphatic carbocycles. The number of ether oxygens (including phenoxy) is 1. The number of Topliss-reactive ketones (excluding diaryl/α,β-unsaturated/α-hetero) is 1. The van der Waals surface area contributed by atoms with Crippen molar-refractivity contribution in [3.8, 4) is 0 Å². The molecule has 1 aliphatic rings. The molecule has 0 radical (unpaired) electrons. The molecule has 0 amide bonds. The van der Waals surface area contributed by atoms with E-state index in [2.05, 4.69) is 0 Å². The first-order chi connectivity index (χ1) is 10.6. The highest BCUT2D eigenvalue weighted by Gasteiger charge is 2.32. The second kappa shape index (κ2) is 5.76. The average molecular weight is 294 g/mol. The van der Waals surface area contributed by atoms with E-state index in [0.717, 1.165) is 28.7 Å². The van der Waals surface area contributed by atoms with Gasteiger partial charge in [-0.05, 0) is 42.5 Å². The number of carbonyl (C=O) groups is 2. The highest BCUT2D eigenvalue weighted by molar-refractivity contribution is 6.03. The van der Waals surface area contributed by atoms with Crippen molar-refractivity contribution in [3.05, 3.63) is 70.3 Å². The van der Waals surface area contributed by atoms with Crippen LogP contribution in [0.1, 0.15) is 37.4 Å². The van der Waals surface area contributed by atoms with Crippen LogP contribution in [0, 0.1) is 12.8 Å². The van der Waals surface area contributed by atoms with E-state index in [-0.39, 0.29) is 17.7 Å². The maximum Gasteiger partial charge on any atom is 0.338 e. The van der Waals surface area contributed by atoms with Gasteiger partial charge in [0, 0.05) is 11.5 Å². The first-order valence-corrected chi connectivity index (χ1v) is 7.40. The Labute approximate surface area is 129 Å². The van der Waals surface area contributed by atoms with Crippen molar-refractivity contribution < 1.29 is 14.3 Å². The topological polar surface area (TPSA) is 43.4 Å². The van der Waals surface area contributed by atoms with Crippen LogP contribution in [0.15, 0.2) is 42.5 Å². The number of fused-ring (bicyclic) bond motifs is 1. The highest BCUT2D eigenvalue weighted by atomic mass is 16.5. The highest BCUT2D eigenvalue weighted by Crippen LogP contribution is 2.32. The quantitative estimate of drug-likeness (QED) is 0.815. The summed E-state index contributed by atoms with van der Waals surface area (Å²) < 4.78 is 4.83. The number of carbonyl (C=O) groups excluding carboxylic acids is 2. The van der Waals surface area contributed by atoms with Gasteiger partial charge in [0.15, 0.2) is 5.78 Å². The van der Waals surface area contributed by atoms with Crippen molar-refractivity contribution in [2.45, 2.75) is 19.8 Å². The maximum atomic E-state index is 12.7. The largest absolute Gasteiger partial charge is 0.465 e. The molecule has 22 heavy (non-hydrogen) atoms. The summed E-state index contributed by atoms with van der Waals surface area (Å²) >= 11 is 0. The molecule has 0 bridgehead atoms. The maximum absolute atomic E-state index is 12.7. The molecule has 0 heterocycles. The van der Waals surface area contributed by atoms with Crippen LogP contribution in [-0.2, 0) is 17.6 Å². The van der Waals surface area contributed by atoms with Gasteiger partial charge in [-0.3, -0.25) is 4.79 Å². The monoisotopic (exact) mass is 294 g/mol. The van der Waals surface area contributed by atoms with Gasteiger partial charge in [-0.25, -0.2) is 4.79 Å². The Morgan fingerprint density at radius 1 is 1.18 bits per heavy atom. The molecule has 3 rings (SSSR count). The fourth-order valence-corrected chi connectivity index (χ4v) is 3.25. The minimum atomic E-state index is -0.352. The fourth-order valence-electron chi connectivity index (χ4n) is 3.25. The second-order valence-corrected chi connectivity index (χ2v) is 5.73. The van der Waals surface area contributed by atoms with E-state index < -0.39 is 0 Å². The third-order valence-corrected chi connectivity index (χ3v) is 4.33. The van der Waals surface area contributed by atoms with Crippen LogP contribution in [0.3, 0.4) is 0 Å². The molecule has 2 aromatic carbocycles. The summed E-state index contributed by atoms with van der Waals surface area (Å²) in [6, 6.07) is 13.3. The summed E-state index contributed by atoms with van der Waals surface area (Å²) in [5.74, 6) is -0.260. The Balaban J connectivity index is 1.89. The lowest BCUT2D eigenvalue weighted by molar-refractivity contribution is 0.0598. The molecule has 112 valence electrons. The molecule has 0 saturated heterocycles. The van der Waals surface area contributed by atoms with Crippen molar-refractivity contribution in [3.63, 3.8) is 0 Å². The number of aryl methyl sites for hydroxylation is 1. The van der Waals surface area contributed by atoms with E-state index in [1.165, 1.54) is 7.11 Å². The van der Waals surface area contributed by atoms with Gasteiger partial charge in [0.25, 0.3) is 0 Å². The number of hydrogen-bond donors (Lipinski definition) is 0. The van der Waals surface area contributed by atoms with Crippen LogP contribution in [0.25, 0.3) is 0 Å². The molecular weight excluding hydrogens is 276 g/mol.